The molecule has 0 bridgehead atoms. The topological polar surface area (TPSA) is 58.6 Å². The molecule has 4 nitrogen and oxygen atoms in total. The van der Waals surface area contributed by atoms with Crippen LogP contribution in [0, 0.1) is 0 Å². The highest BCUT2D eigenvalue weighted by Gasteiger charge is 2.25. The van der Waals surface area contributed by atoms with E-state index in [0.29, 0.717) is 11.3 Å². The lowest BCUT2D eigenvalue weighted by atomic mass is 9.88. The van der Waals surface area contributed by atoms with E-state index >= 15 is 0 Å². The Balaban J connectivity index is 2.05. The van der Waals surface area contributed by atoms with Gasteiger partial charge in [0, 0.05) is 5.56 Å². The summed E-state index contributed by atoms with van der Waals surface area (Å²) >= 11 is 0. The largest absolute Gasteiger partial charge is 0.293 e. The van der Waals surface area contributed by atoms with Crippen molar-refractivity contribution >= 4 is 5.78 Å². The summed E-state index contributed by atoms with van der Waals surface area (Å²) in [6, 6.07) is 18.9. The first kappa shape index (κ1) is 12.3. The van der Waals surface area contributed by atoms with Crippen molar-refractivity contribution in [2.45, 2.75) is 5.92 Å². The fourth-order valence-electron chi connectivity index (χ4n) is 2.22. The van der Waals surface area contributed by atoms with E-state index in [1.54, 1.807) is 6.20 Å². The van der Waals surface area contributed by atoms with Crippen molar-refractivity contribution in [3.8, 4) is 0 Å². The van der Waals surface area contributed by atoms with Gasteiger partial charge in [-0.15, -0.1) is 0 Å². The second-order valence-corrected chi connectivity index (χ2v) is 4.47. The van der Waals surface area contributed by atoms with Gasteiger partial charge < -0.3 is 0 Å². The average molecular weight is 263 g/mol. The number of carbonyl (C=O) groups excluding carboxylic acids is 1. The molecule has 98 valence electrons. The van der Waals surface area contributed by atoms with Gasteiger partial charge in [-0.1, -0.05) is 60.7 Å². The molecule has 1 aromatic heterocycles. The predicted molar refractivity (Wildman–Crippen MR) is 75.4 cm³/mol. The molecule has 0 saturated heterocycles. The van der Waals surface area contributed by atoms with Gasteiger partial charge in [-0.25, -0.2) is 0 Å². The molecule has 0 radical (unpaired) electrons. The van der Waals surface area contributed by atoms with Crippen molar-refractivity contribution in [2.24, 2.45) is 0 Å². The number of aromatic amines is 1. The summed E-state index contributed by atoms with van der Waals surface area (Å²) in [6.07, 6.45) is 1.60. The molecule has 3 aromatic rings. The smallest absolute Gasteiger partial charge is 0.176 e. The number of H-pyrrole nitrogens is 1. The number of nitrogens with zero attached hydrogens (tertiary/aromatic N) is 2. The first-order valence-corrected chi connectivity index (χ1v) is 6.36. The minimum atomic E-state index is -0.433. The maximum absolute atomic E-state index is 12.8. The van der Waals surface area contributed by atoms with Crippen LogP contribution in [-0.4, -0.2) is 21.2 Å². The molecule has 0 saturated carbocycles. The average Bonchev–Trinajstić information content (AvgIpc) is 3.03. The van der Waals surface area contributed by atoms with Gasteiger partial charge in [-0.3, -0.25) is 4.79 Å². The summed E-state index contributed by atoms with van der Waals surface area (Å²) in [6.45, 7) is 0. The van der Waals surface area contributed by atoms with E-state index in [0.717, 1.165) is 5.56 Å². The van der Waals surface area contributed by atoms with Crippen LogP contribution >= 0.6 is 0 Å². The summed E-state index contributed by atoms with van der Waals surface area (Å²) in [4.78, 5) is 12.8. The van der Waals surface area contributed by atoms with Gasteiger partial charge in [0.15, 0.2) is 5.78 Å². The Morgan fingerprint density at radius 1 is 0.950 bits per heavy atom. The second kappa shape index (κ2) is 5.48. The quantitative estimate of drug-likeness (QED) is 0.736. The van der Waals surface area contributed by atoms with Crippen molar-refractivity contribution in [3.63, 3.8) is 0 Å². The molecule has 0 spiro atoms. The van der Waals surface area contributed by atoms with Crippen molar-refractivity contribution in [2.75, 3.05) is 0 Å². The molecular formula is C16H13N3O. The highest BCUT2D eigenvalue weighted by molar-refractivity contribution is 6.02. The lowest BCUT2D eigenvalue weighted by Crippen LogP contribution is -2.15. The van der Waals surface area contributed by atoms with E-state index in [9.17, 15) is 4.79 Å². The van der Waals surface area contributed by atoms with Crippen molar-refractivity contribution < 1.29 is 4.79 Å². The molecule has 1 atom stereocenters. The van der Waals surface area contributed by atoms with Crippen LogP contribution < -0.4 is 0 Å². The summed E-state index contributed by atoms with van der Waals surface area (Å²) in [5.74, 6) is -0.414. The van der Waals surface area contributed by atoms with Gasteiger partial charge in [0.2, 0.25) is 0 Å². The molecule has 0 aliphatic rings. The van der Waals surface area contributed by atoms with Gasteiger partial charge >= 0.3 is 0 Å². The standard InChI is InChI=1S/C16H13N3O/c20-16(13-9-5-2-6-10-13)15(14-11-17-19-18-14)12-7-3-1-4-8-12/h1-11,15H,(H,17,18,19). The molecule has 20 heavy (non-hydrogen) atoms. The Morgan fingerprint density at radius 2 is 1.60 bits per heavy atom. The van der Waals surface area contributed by atoms with Crippen molar-refractivity contribution in [1.29, 1.82) is 0 Å². The van der Waals surface area contributed by atoms with E-state index in [2.05, 4.69) is 15.4 Å². The normalized spacial score (nSPS) is 12.0. The number of ketones is 1. The number of hydrogen-bond donors (Lipinski definition) is 1. The van der Waals surface area contributed by atoms with E-state index in [1.807, 2.05) is 60.7 Å². The molecule has 0 fully saturated rings. The first-order valence-electron chi connectivity index (χ1n) is 6.36. The third-order valence-corrected chi connectivity index (χ3v) is 3.18. The third kappa shape index (κ3) is 2.36. The van der Waals surface area contributed by atoms with Crippen LogP contribution in [0.4, 0.5) is 0 Å². The van der Waals surface area contributed by atoms with Crippen molar-refractivity contribution in [3.05, 3.63) is 83.7 Å². The van der Waals surface area contributed by atoms with Crippen LogP contribution in [0.5, 0.6) is 0 Å². The first-order chi connectivity index (χ1) is 9.86. The number of hydrogen-bond acceptors (Lipinski definition) is 3. The summed E-state index contributed by atoms with van der Waals surface area (Å²) in [7, 11) is 0. The van der Waals surface area contributed by atoms with Crippen LogP contribution in [-0.2, 0) is 0 Å². The lowest BCUT2D eigenvalue weighted by molar-refractivity contribution is 0.0972. The molecule has 2 aromatic carbocycles. The number of benzene rings is 2. The fourth-order valence-corrected chi connectivity index (χ4v) is 2.22. The van der Waals surface area contributed by atoms with Crippen molar-refractivity contribution in [1.82, 2.24) is 15.4 Å². The zero-order chi connectivity index (χ0) is 13.8. The maximum Gasteiger partial charge on any atom is 0.176 e. The Hall–Kier alpha value is -2.75. The van der Waals surface area contributed by atoms with Gasteiger partial charge in [-0.05, 0) is 5.56 Å². The van der Waals surface area contributed by atoms with Gasteiger partial charge in [-0.2, -0.15) is 15.4 Å². The molecule has 1 heterocycles. The van der Waals surface area contributed by atoms with Crippen LogP contribution in [0.25, 0.3) is 0 Å². The summed E-state index contributed by atoms with van der Waals surface area (Å²) in [5.41, 5.74) is 2.21. The van der Waals surface area contributed by atoms with Crippen LogP contribution in [0.2, 0.25) is 0 Å². The molecule has 4 heteroatoms. The second-order valence-electron chi connectivity index (χ2n) is 4.47. The number of carbonyl (C=O) groups is 1. The van der Waals surface area contributed by atoms with E-state index < -0.39 is 5.92 Å². The van der Waals surface area contributed by atoms with E-state index in [4.69, 9.17) is 0 Å². The third-order valence-electron chi connectivity index (χ3n) is 3.18. The molecule has 1 unspecified atom stereocenters. The molecule has 3 rings (SSSR count). The summed E-state index contributed by atoms with van der Waals surface area (Å²) < 4.78 is 0. The Morgan fingerprint density at radius 3 is 2.20 bits per heavy atom. The highest BCUT2D eigenvalue weighted by atomic mass is 16.1. The monoisotopic (exact) mass is 263 g/mol. The molecule has 1 N–H and O–H groups in total. The predicted octanol–water partition coefficient (Wildman–Crippen LogP) is 2.82. The van der Waals surface area contributed by atoms with Gasteiger partial charge in [0.1, 0.15) is 0 Å². The van der Waals surface area contributed by atoms with Gasteiger partial charge in [0.05, 0.1) is 17.8 Å². The minimum absolute atomic E-state index is 0.0192. The van der Waals surface area contributed by atoms with E-state index in [1.165, 1.54) is 0 Å². The zero-order valence-electron chi connectivity index (χ0n) is 10.7. The molecule has 0 amide bonds. The number of nitrogens with one attached hydrogen (secondary N) is 1. The van der Waals surface area contributed by atoms with Crippen LogP contribution in [0.3, 0.4) is 0 Å². The Kier molecular flexibility index (Phi) is 3.37. The number of rotatable bonds is 4. The summed E-state index contributed by atoms with van der Waals surface area (Å²) in [5, 5.41) is 10.5. The van der Waals surface area contributed by atoms with Gasteiger partial charge in [0.25, 0.3) is 0 Å². The minimum Gasteiger partial charge on any atom is -0.293 e. The SMILES string of the molecule is O=C(c1ccccc1)C(c1ccccc1)c1cn[nH]n1. The number of aromatic nitrogens is 3. The maximum atomic E-state index is 12.8. The molecule has 0 aliphatic heterocycles. The van der Waals surface area contributed by atoms with E-state index in [-0.39, 0.29) is 5.78 Å². The Bertz CT molecular complexity index is 678. The fraction of sp³-hybridized carbons (Fsp3) is 0.0625. The van der Waals surface area contributed by atoms with Crippen LogP contribution in [0.1, 0.15) is 27.5 Å². The zero-order valence-corrected chi connectivity index (χ0v) is 10.7. The molecule has 0 aliphatic carbocycles. The highest BCUT2D eigenvalue weighted by Crippen LogP contribution is 2.26. The Labute approximate surface area is 116 Å². The number of Topliss-reactive ketones (excluding diaryl/α,β-unsaturated/α-hetero) is 1. The molecular weight excluding hydrogens is 250 g/mol. The van der Waals surface area contributed by atoms with Crippen LogP contribution in [0.15, 0.2) is 66.9 Å². The lowest BCUT2D eigenvalue weighted by Gasteiger charge is -2.13.